The third-order valence-corrected chi connectivity index (χ3v) is 1.90. The molecule has 0 aliphatic carbocycles. The standard InChI is InChI=1S/C9H13NO/c1-3-7-6(2)4-5-8(10)9(7)11/h4-5,11H,3,10H2,1-2H3. The van der Waals surface area contributed by atoms with Gasteiger partial charge in [-0.05, 0) is 30.5 Å². The molecule has 0 unspecified atom stereocenters. The molecule has 0 saturated heterocycles. The molecule has 1 aromatic rings. The number of anilines is 1. The molecule has 1 aromatic carbocycles. The number of benzene rings is 1. The van der Waals surface area contributed by atoms with E-state index in [1.54, 1.807) is 6.07 Å². The molecular weight excluding hydrogens is 138 g/mol. The summed E-state index contributed by atoms with van der Waals surface area (Å²) in [5.41, 5.74) is 8.03. The summed E-state index contributed by atoms with van der Waals surface area (Å²) in [5, 5.41) is 9.45. The molecule has 3 N–H and O–H groups in total. The third kappa shape index (κ3) is 1.29. The highest BCUT2D eigenvalue weighted by Gasteiger charge is 2.04. The van der Waals surface area contributed by atoms with Crippen LogP contribution in [-0.2, 0) is 6.42 Å². The SMILES string of the molecule is CCc1c(C)ccc(N)c1O. The maximum absolute atomic E-state index is 9.45. The molecule has 0 aliphatic rings. The van der Waals surface area contributed by atoms with Crippen molar-refractivity contribution < 1.29 is 5.11 Å². The normalized spacial score (nSPS) is 10.0. The van der Waals surface area contributed by atoms with Gasteiger partial charge in [0.15, 0.2) is 0 Å². The van der Waals surface area contributed by atoms with Gasteiger partial charge in [-0.1, -0.05) is 13.0 Å². The molecule has 11 heavy (non-hydrogen) atoms. The van der Waals surface area contributed by atoms with Crippen LogP contribution in [0.25, 0.3) is 0 Å². The monoisotopic (exact) mass is 151 g/mol. The molecule has 60 valence electrons. The van der Waals surface area contributed by atoms with E-state index in [1.165, 1.54) is 0 Å². The summed E-state index contributed by atoms with van der Waals surface area (Å²) in [6.45, 7) is 3.97. The highest BCUT2D eigenvalue weighted by molar-refractivity contribution is 5.58. The first-order valence-corrected chi connectivity index (χ1v) is 3.73. The zero-order chi connectivity index (χ0) is 8.43. The van der Waals surface area contributed by atoms with Crippen LogP contribution in [0.15, 0.2) is 12.1 Å². The van der Waals surface area contributed by atoms with E-state index in [4.69, 9.17) is 5.73 Å². The highest BCUT2D eigenvalue weighted by atomic mass is 16.3. The molecule has 0 radical (unpaired) electrons. The number of hydrogen-bond donors (Lipinski definition) is 2. The van der Waals surface area contributed by atoms with Gasteiger partial charge in [-0.25, -0.2) is 0 Å². The van der Waals surface area contributed by atoms with Gasteiger partial charge in [0.05, 0.1) is 5.69 Å². The Morgan fingerprint density at radius 3 is 2.55 bits per heavy atom. The third-order valence-electron chi connectivity index (χ3n) is 1.90. The Morgan fingerprint density at radius 2 is 2.09 bits per heavy atom. The van der Waals surface area contributed by atoms with Crippen molar-refractivity contribution in [3.8, 4) is 5.75 Å². The first kappa shape index (κ1) is 7.92. The molecule has 1 rings (SSSR count). The van der Waals surface area contributed by atoms with Crippen LogP contribution in [0.3, 0.4) is 0 Å². The fraction of sp³-hybridized carbons (Fsp3) is 0.333. The second-order valence-electron chi connectivity index (χ2n) is 2.65. The number of nitrogen functional groups attached to an aromatic ring is 1. The zero-order valence-electron chi connectivity index (χ0n) is 6.89. The van der Waals surface area contributed by atoms with Gasteiger partial charge in [-0.2, -0.15) is 0 Å². The molecule has 2 nitrogen and oxygen atoms in total. The van der Waals surface area contributed by atoms with Gasteiger partial charge in [-0.3, -0.25) is 0 Å². The topological polar surface area (TPSA) is 46.2 Å². The molecule has 0 aliphatic heterocycles. The Hall–Kier alpha value is -1.18. The van der Waals surface area contributed by atoms with Crippen LogP contribution in [0.4, 0.5) is 5.69 Å². The van der Waals surface area contributed by atoms with E-state index in [9.17, 15) is 5.11 Å². The van der Waals surface area contributed by atoms with E-state index in [0.717, 1.165) is 17.5 Å². The Labute approximate surface area is 66.7 Å². The first-order valence-electron chi connectivity index (χ1n) is 3.73. The van der Waals surface area contributed by atoms with Crippen LogP contribution < -0.4 is 5.73 Å². The minimum absolute atomic E-state index is 0.243. The number of phenols is 1. The Bertz CT molecular complexity index is 269. The van der Waals surface area contributed by atoms with Crippen molar-refractivity contribution in [2.75, 3.05) is 5.73 Å². The second-order valence-corrected chi connectivity index (χ2v) is 2.65. The summed E-state index contributed by atoms with van der Waals surface area (Å²) in [5.74, 6) is 0.243. The molecule has 0 amide bonds. The van der Waals surface area contributed by atoms with E-state index in [1.807, 2.05) is 19.9 Å². The predicted octanol–water partition coefficient (Wildman–Crippen LogP) is 1.85. The number of nitrogens with two attached hydrogens (primary N) is 1. The molecule has 0 bridgehead atoms. The molecule has 2 heteroatoms. The van der Waals surface area contributed by atoms with E-state index >= 15 is 0 Å². The van der Waals surface area contributed by atoms with Crippen LogP contribution in [0.1, 0.15) is 18.1 Å². The van der Waals surface area contributed by atoms with Crippen LogP contribution in [0.2, 0.25) is 0 Å². The summed E-state index contributed by atoms with van der Waals surface area (Å²) < 4.78 is 0. The summed E-state index contributed by atoms with van der Waals surface area (Å²) >= 11 is 0. The fourth-order valence-electron chi connectivity index (χ4n) is 1.20. The van der Waals surface area contributed by atoms with Gasteiger partial charge in [0.1, 0.15) is 5.75 Å². The van der Waals surface area contributed by atoms with Crippen molar-refractivity contribution in [2.45, 2.75) is 20.3 Å². The number of aromatic hydroxyl groups is 1. The van der Waals surface area contributed by atoms with Crippen LogP contribution >= 0.6 is 0 Å². The van der Waals surface area contributed by atoms with Gasteiger partial charge < -0.3 is 10.8 Å². The molecule has 0 fully saturated rings. The van der Waals surface area contributed by atoms with Crippen molar-refractivity contribution in [1.82, 2.24) is 0 Å². The molecular formula is C9H13NO. The zero-order valence-corrected chi connectivity index (χ0v) is 6.89. The van der Waals surface area contributed by atoms with Crippen LogP contribution in [-0.4, -0.2) is 5.11 Å². The lowest BCUT2D eigenvalue weighted by molar-refractivity contribution is 0.471. The summed E-state index contributed by atoms with van der Waals surface area (Å²) in [6.07, 6.45) is 0.822. The quantitative estimate of drug-likeness (QED) is 0.475. The van der Waals surface area contributed by atoms with Gasteiger partial charge >= 0.3 is 0 Å². The summed E-state index contributed by atoms with van der Waals surface area (Å²) in [4.78, 5) is 0. The molecule has 0 saturated carbocycles. The van der Waals surface area contributed by atoms with Gasteiger partial charge in [0, 0.05) is 0 Å². The summed E-state index contributed by atoms with van der Waals surface area (Å²) in [6, 6.07) is 3.65. The lowest BCUT2D eigenvalue weighted by Crippen LogP contribution is -1.92. The minimum atomic E-state index is 0.243. The average Bonchev–Trinajstić information content (AvgIpc) is 1.99. The van der Waals surface area contributed by atoms with Crippen LogP contribution in [0, 0.1) is 6.92 Å². The number of phenolic OH excluding ortho intramolecular Hbond substituents is 1. The summed E-state index contributed by atoms with van der Waals surface area (Å²) in [7, 11) is 0. The lowest BCUT2D eigenvalue weighted by Gasteiger charge is -2.07. The van der Waals surface area contributed by atoms with Crippen molar-refractivity contribution in [3.05, 3.63) is 23.3 Å². The van der Waals surface area contributed by atoms with Crippen molar-refractivity contribution >= 4 is 5.69 Å². The number of hydrogen-bond acceptors (Lipinski definition) is 2. The Morgan fingerprint density at radius 1 is 1.45 bits per heavy atom. The second kappa shape index (κ2) is 2.82. The predicted molar refractivity (Wildman–Crippen MR) is 46.6 cm³/mol. The molecule has 0 aromatic heterocycles. The number of rotatable bonds is 1. The van der Waals surface area contributed by atoms with Gasteiger partial charge in [0.2, 0.25) is 0 Å². The van der Waals surface area contributed by atoms with E-state index in [-0.39, 0.29) is 5.75 Å². The van der Waals surface area contributed by atoms with Gasteiger partial charge in [-0.15, -0.1) is 0 Å². The highest BCUT2D eigenvalue weighted by Crippen LogP contribution is 2.27. The van der Waals surface area contributed by atoms with E-state index < -0.39 is 0 Å². The van der Waals surface area contributed by atoms with Crippen molar-refractivity contribution in [3.63, 3.8) is 0 Å². The lowest BCUT2D eigenvalue weighted by atomic mass is 10.0. The fourth-order valence-corrected chi connectivity index (χ4v) is 1.20. The first-order chi connectivity index (χ1) is 5.16. The van der Waals surface area contributed by atoms with E-state index in [2.05, 4.69) is 0 Å². The number of aryl methyl sites for hydroxylation is 1. The maximum atomic E-state index is 9.45. The Balaban J connectivity index is 3.29. The average molecular weight is 151 g/mol. The van der Waals surface area contributed by atoms with Crippen molar-refractivity contribution in [2.24, 2.45) is 0 Å². The van der Waals surface area contributed by atoms with Crippen LogP contribution in [0.5, 0.6) is 5.75 Å². The largest absolute Gasteiger partial charge is 0.505 e. The molecule has 0 heterocycles. The van der Waals surface area contributed by atoms with Gasteiger partial charge in [0.25, 0.3) is 0 Å². The Kier molecular flexibility index (Phi) is 2.03. The molecule has 0 spiro atoms. The minimum Gasteiger partial charge on any atom is -0.505 e. The van der Waals surface area contributed by atoms with Crippen molar-refractivity contribution in [1.29, 1.82) is 0 Å². The maximum Gasteiger partial charge on any atom is 0.141 e. The van der Waals surface area contributed by atoms with E-state index in [0.29, 0.717) is 5.69 Å². The molecule has 0 atom stereocenters. The smallest absolute Gasteiger partial charge is 0.141 e.